The smallest absolute Gasteiger partial charge is 0.127 e. The van der Waals surface area contributed by atoms with Crippen molar-refractivity contribution in [3.63, 3.8) is 0 Å². The summed E-state index contributed by atoms with van der Waals surface area (Å²) in [5.41, 5.74) is 3.36. The van der Waals surface area contributed by atoms with Crippen LogP contribution in [0.25, 0.3) is 0 Å². The van der Waals surface area contributed by atoms with E-state index in [0.717, 1.165) is 37.1 Å². The number of imidazole rings is 1. The van der Waals surface area contributed by atoms with Gasteiger partial charge in [0.25, 0.3) is 0 Å². The van der Waals surface area contributed by atoms with Crippen molar-refractivity contribution in [2.45, 2.75) is 103 Å². The fourth-order valence-corrected chi connectivity index (χ4v) is 5.74. The minimum Gasteiger partial charge on any atom is -0.508 e. The third-order valence-electron chi connectivity index (χ3n) is 7.77. The quantitative estimate of drug-likeness (QED) is 0.354. The fraction of sp³-hybridized carbons (Fsp3) is 0.607. The van der Waals surface area contributed by atoms with Gasteiger partial charge in [-0.25, -0.2) is 4.98 Å². The van der Waals surface area contributed by atoms with E-state index in [-0.39, 0.29) is 16.9 Å². The van der Waals surface area contributed by atoms with Crippen molar-refractivity contribution in [3.8, 4) is 11.5 Å². The van der Waals surface area contributed by atoms with Crippen LogP contribution in [0.1, 0.15) is 96.6 Å². The van der Waals surface area contributed by atoms with Crippen molar-refractivity contribution in [1.29, 1.82) is 0 Å². The van der Waals surface area contributed by atoms with Gasteiger partial charge in [0, 0.05) is 36.3 Å². The molecular weight excluding hydrogens is 396 g/mol. The Morgan fingerprint density at radius 2 is 2.03 bits per heavy atom. The molecule has 0 bridgehead atoms. The highest BCUT2D eigenvalue weighted by atomic mass is 16.5. The highest BCUT2D eigenvalue weighted by Crippen LogP contribution is 2.55. The number of fused-ring (bicyclic) bond motifs is 3. The molecule has 4 heteroatoms. The average Bonchev–Trinajstić information content (AvgIpc) is 3.23. The van der Waals surface area contributed by atoms with Gasteiger partial charge in [0.2, 0.25) is 0 Å². The summed E-state index contributed by atoms with van der Waals surface area (Å²) in [4.78, 5) is 4.18. The predicted molar refractivity (Wildman–Crippen MR) is 130 cm³/mol. The number of phenolic OH excluding ortho intramolecular Hbond substituents is 1. The molecule has 0 radical (unpaired) electrons. The van der Waals surface area contributed by atoms with Gasteiger partial charge < -0.3 is 14.4 Å². The predicted octanol–water partition coefficient (Wildman–Crippen LogP) is 7.13. The Hall–Kier alpha value is -2.23. The van der Waals surface area contributed by atoms with Gasteiger partial charge in [-0.1, -0.05) is 58.1 Å². The molecule has 0 saturated carbocycles. The van der Waals surface area contributed by atoms with Gasteiger partial charge in [-0.3, -0.25) is 0 Å². The van der Waals surface area contributed by atoms with Crippen molar-refractivity contribution in [3.05, 3.63) is 53.6 Å². The maximum Gasteiger partial charge on any atom is 0.127 e. The first-order chi connectivity index (χ1) is 15.2. The van der Waals surface area contributed by atoms with Crippen molar-refractivity contribution in [2.24, 2.45) is 5.92 Å². The third-order valence-corrected chi connectivity index (χ3v) is 7.77. The van der Waals surface area contributed by atoms with Crippen molar-refractivity contribution in [2.75, 3.05) is 0 Å². The average molecular weight is 437 g/mol. The van der Waals surface area contributed by atoms with Crippen LogP contribution in [0.3, 0.4) is 0 Å². The molecule has 32 heavy (non-hydrogen) atoms. The van der Waals surface area contributed by atoms with E-state index in [9.17, 15) is 5.11 Å². The number of unbranched alkanes of at least 4 members (excludes halogenated alkanes) is 3. The van der Waals surface area contributed by atoms with Gasteiger partial charge in [0.05, 0.1) is 6.33 Å². The first-order valence-electron chi connectivity index (χ1n) is 12.4. The van der Waals surface area contributed by atoms with Gasteiger partial charge >= 0.3 is 0 Å². The maximum atomic E-state index is 11.2. The second-order valence-corrected chi connectivity index (χ2v) is 11.1. The van der Waals surface area contributed by atoms with Crippen LogP contribution in [0.4, 0.5) is 0 Å². The molecule has 0 fully saturated rings. The Morgan fingerprint density at radius 3 is 2.75 bits per heavy atom. The summed E-state index contributed by atoms with van der Waals surface area (Å²) in [6.45, 7) is 12.1. The highest BCUT2D eigenvalue weighted by molar-refractivity contribution is 5.54. The van der Waals surface area contributed by atoms with E-state index in [1.165, 1.54) is 36.8 Å². The van der Waals surface area contributed by atoms with Crippen LogP contribution in [0.5, 0.6) is 11.5 Å². The molecule has 2 atom stereocenters. The molecular formula is C28H40N2O2. The molecule has 2 heterocycles. The molecule has 1 aliphatic heterocycles. The molecule has 4 rings (SSSR count). The van der Waals surface area contributed by atoms with Crippen LogP contribution in [0.2, 0.25) is 0 Å². The Labute approximate surface area is 193 Å². The summed E-state index contributed by atoms with van der Waals surface area (Å²) >= 11 is 0. The molecule has 4 nitrogen and oxygen atoms in total. The van der Waals surface area contributed by atoms with E-state index < -0.39 is 0 Å². The van der Waals surface area contributed by atoms with E-state index >= 15 is 0 Å². The summed E-state index contributed by atoms with van der Waals surface area (Å²) in [6.07, 6.45) is 16.2. The number of phenols is 1. The van der Waals surface area contributed by atoms with Crippen LogP contribution in [-0.4, -0.2) is 20.3 Å². The molecule has 0 unspecified atom stereocenters. The van der Waals surface area contributed by atoms with Crippen LogP contribution in [0.15, 0.2) is 42.5 Å². The molecule has 0 amide bonds. The number of allylic oxidation sites excluding steroid dienone is 2. The van der Waals surface area contributed by atoms with Gasteiger partial charge in [-0.15, -0.1) is 0 Å². The number of ether oxygens (including phenoxy) is 1. The number of benzene rings is 1. The first kappa shape index (κ1) is 22.9. The van der Waals surface area contributed by atoms with Crippen LogP contribution in [0, 0.1) is 5.92 Å². The number of rotatable bonds is 8. The van der Waals surface area contributed by atoms with E-state index in [4.69, 9.17) is 4.74 Å². The molecule has 1 aromatic heterocycles. The zero-order valence-corrected chi connectivity index (χ0v) is 20.5. The van der Waals surface area contributed by atoms with Crippen molar-refractivity contribution >= 4 is 0 Å². The SMILES string of the molecule is CCCCCCC(C)(C)c1cc(O)c2c(c1)OC(C)(C)[C@H]1CC=C(Cn3ccnc3)C[C@H]21. The number of aromatic nitrogens is 2. The molecule has 1 aromatic carbocycles. The highest BCUT2D eigenvalue weighted by Gasteiger charge is 2.46. The lowest BCUT2D eigenvalue weighted by Crippen LogP contribution is -2.45. The topological polar surface area (TPSA) is 47.3 Å². The third kappa shape index (κ3) is 4.60. The zero-order chi connectivity index (χ0) is 22.9. The molecule has 2 aliphatic rings. The normalized spacial score (nSPS) is 22.0. The summed E-state index contributed by atoms with van der Waals surface area (Å²) in [6, 6.07) is 4.24. The Morgan fingerprint density at radius 1 is 1.22 bits per heavy atom. The number of nitrogens with zero attached hydrogens (tertiary/aromatic N) is 2. The molecule has 2 aromatic rings. The van der Waals surface area contributed by atoms with Gasteiger partial charge in [0.1, 0.15) is 17.1 Å². The van der Waals surface area contributed by atoms with E-state index in [2.05, 4.69) is 56.3 Å². The Kier molecular flexibility index (Phi) is 6.42. The molecule has 1 aliphatic carbocycles. The Bertz CT molecular complexity index is 956. The maximum absolute atomic E-state index is 11.2. The Balaban J connectivity index is 1.62. The minimum atomic E-state index is -0.259. The molecule has 0 saturated heterocycles. The van der Waals surface area contributed by atoms with Gasteiger partial charge in [-0.05, 0) is 56.2 Å². The minimum absolute atomic E-state index is 0.0175. The summed E-state index contributed by atoms with van der Waals surface area (Å²) in [5.74, 6) is 1.93. The largest absolute Gasteiger partial charge is 0.508 e. The fourth-order valence-electron chi connectivity index (χ4n) is 5.74. The second-order valence-electron chi connectivity index (χ2n) is 11.1. The second kappa shape index (κ2) is 8.96. The summed E-state index contributed by atoms with van der Waals surface area (Å²) in [5, 5.41) is 11.2. The first-order valence-corrected chi connectivity index (χ1v) is 12.4. The van der Waals surface area contributed by atoms with Crippen molar-refractivity contribution in [1.82, 2.24) is 9.55 Å². The van der Waals surface area contributed by atoms with Crippen LogP contribution in [-0.2, 0) is 12.0 Å². The van der Waals surface area contributed by atoms with Crippen molar-refractivity contribution < 1.29 is 9.84 Å². The van der Waals surface area contributed by atoms with Crippen LogP contribution >= 0.6 is 0 Å². The zero-order valence-electron chi connectivity index (χ0n) is 20.5. The van der Waals surface area contributed by atoms with Gasteiger partial charge in [-0.2, -0.15) is 0 Å². The van der Waals surface area contributed by atoms with E-state index in [1.807, 2.05) is 24.8 Å². The number of aromatic hydroxyl groups is 1. The molecule has 0 spiro atoms. The van der Waals surface area contributed by atoms with E-state index in [1.54, 1.807) is 0 Å². The van der Waals surface area contributed by atoms with E-state index in [0.29, 0.717) is 11.7 Å². The summed E-state index contributed by atoms with van der Waals surface area (Å²) < 4.78 is 8.71. The van der Waals surface area contributed by atoms with Crippen LogP contribution < -0.4 is 4.74 Å². The lowest BCUT2D eigenvalue weighted by Gasteiger charge is -2.47. The molecule has 174 valence electrons. The number of hydrogen-bond donors (Lipinski definition) is 1. The standard InChI is InChI=1S/C28H40N2O2/c1-6-7-8-9-12-27(2,3)21-16-24(31)26-22-15-20(18-30-14-13-29-19-30)10-11-23(22)28(4,5)32-25(26)17-21/h10,13-14,16-17,19,22-23,31H,6-9,11-12,15,18H2,1-5H3/t22-,23-/m0/s1. The number of hydrogen-bond acceptors (Lipinski definition) is 3. The van der Waals surface area contributed by atoms with Gasteiger partial charge in [0.15, 0.2) is 0 Å². The summed E-state index contributed by atoms with van der Waals surface area (Å²) in [7, 11) is 0. The monoisotopic (exact) mass is 436 g/mol. The molecule has 1 N–H and O–H groups in total. The lowest BCUT2D eigenvalue weighted by molar-refractivity contribution is 0.00707. The lowest BCUT2D eigenvalue weighted by atomic mass is 9.66.